The molecule has 0 unspecified atom stereocenters. The summed E-state index contributed by atoms with van der Waals surface area (Å²) in [4.78, 5) is 12.2. The van der Waals surface area contributed by atoms with Crippen LogP contribution in [-0.2, 0) is 11.2 Å². The lowest BCUT2D eigenvalue weighted by atomic mass is 10.0. The third kappa shape index (κ3) is 1.90. The van der Waals surface area contributed by atoms with Crippen LogP contribution in [0.1, 0.15) is 33.3 Å². The van der Waals surface area contributed by atoms with Crippen molar-refractivity contribution in [2.75, 3.05) is 0 Å². The van der Waals surface area contributed by atoms with E-state index in [4.69, 9.17) is 0 Å². The van der Waals surface area contributed by atoms with E-state index < -0.39 is 0 Å². The predicted octanol–water partition coefficient (Wildman–Crippen LogP) is 3.62. The Balaban J connectivity index is 2.10. The van der Waals surface area contributed by atoms with Crippen LogP contribution in [0.2, 0.25) is 0 Å². The quantitative estimate of drug-likeness (QED) is 0.780. The van der Waals surface area contributed by atoms with Crippen LogP contribution in [0.25, 0.3) is 0 Å². The second-order valence-corrected chi connectivity index (χ2v) is 6.15. The Hall–Kier alpha value is -1.18. The molecule has 1 aliphatic rings. The first-order chi connectivity index (χ1) is 7.76. The molecular weight excluding hydrogens is 215 g/mol. The molecule has 0 spiro atoms. The van der Waals surface area contributed by atoms with Gasteiger partial charge >= 0.3 is 0 Å². The van der Waals surface area contributed by atoms with Gasteiger partial charge < -0.3 is 0 Å². The van der Waals surface area contributed by atoms with Gasteiger partial charge in [-0.25, -0.2) is 4.39 Å². The Bertz CT molecular complexity index is 446. The minimum Gasteiger partial charge on any atom is -0.299 e. The number of Topliss-reactive ketones (excluding diaryl/α,β-unsaturated/α-hetero) is 1. The van der Waals surface area contributed by atoms with E-state index >= 15 is 0 Å². The molecule has 0 heterocycles. The lowest BCUT2D eigenvalue weighted by Crippen LogP contribution is -2.10. The summed E-state index contributed by atoms with van der Waals surface area (Å²) in [6.45, 7) is 8.50. The molecule has 0 bridgehead atoms. The lowest BCUT2D eigenvalue weighted by Gasteiger charge is -2.03. The van der Waals surface area contributed by atoms with Crippen LogP contribution in [-0.4, -0.2) is 5.78 Å². The zero-order valence-corrected chi connectivity index (χ0v) is 10.9. The Morgan fingerprint density at radius 3 is 2.29 bits per heavy atom. The summed E-state index contributed by atoms with van der Waals surface area (Å²) in [7, 11) is 0. The summed E-state index contributed by atoms with van der Waals surface area (Å²) in [5, 5.41) is 0. The minimum atomic E-state index is -0.274. The van der Waals surface area contributed by atoms with Gasteiger partial charge in [0.05, 0.1) is 0 Å². The van der Waals surface area contributed by atoms with Crippen LogP contribution in [0.5, 0.6) is 0 Å². The van der Waals surface area contributed by atoms with Gasteiger partial charge in [0.15, 0.2) is 0 Å². The molecule has 1 saturated carbocycles. The molecule has 0 saturated heterocycles. The third-order valence-corrected chi connectivity index (χ3v) is 4.61. The highest BCUT2D eigenvalue weighted by atomic mass is 19.1. The van der Waals surface area contributed by atoms with Crippen LogP contribution in [0.3, 0.4) is 0 Å². The second-order valence-electron chi connectivity index (χ2n) is 6.15. The summed E-state index contributed by atoms with van der Waals surface area (Å²) in [5.41, 5.74) is 0.906. The van der Waals surface area contributed by atoms with Gasteiger partial charge in [-0.05, 0) is 28.5 Å². The van der Waals surface area contributed by atoms with Gasteiger partial charge in [0.1, 0.15) is 11.6 Å². The van der Waals surface area contributed by atoms with Crippen LogP contribution in [0.4, 0.5) is 4.39 Å². The fourth-order valence-corrected chi connectivity index (χ4v) is 2.95. The molecule has 1 fully saturated rings. The highest BCUT2D eigenvalue weighted by molar-refractivity contribution is 5.88. The van der Waals surface area contributed by atoms with Gasteiger partial charge in [0.25, 0.3) is 0 Å². The molecule has 2 heteroatoms. The van der Waals surface area contributed by atoms with Crippen molar-refractivity contribution in [2.45, 2.75) is 34.1 Å². The van der Waals surface area contributed by atoms with Gasteiger partial charge in [-0.3, -0.25) is 4.79 Å². The number of benzene rings is 1. The number of rotatable bonds is 3. The van der Waals surface area contributed by atoms with Gasteiger partial charge in [0, 0.05) is 12.3 Å². The maximum Gasteiger partial charge on any atom is 0.141 e. The molecule has 1 aromatic carbocycles. The van der Waals surface area contributed by atoms with Crippen molar-refractivity contribution >= 4 is 5.78 Å². The average Bonchev–Trinajstić information content (AvgIpc) is 2.56. The van der Waals surface area contributed by atoms with Gasteiger partial charge in [0.2, 0.25) is 0 Å². The van der Waals surface area contributed by atoms with E-state index in [1.807, 2.05) is 6.07 Å². The van der Waals surface area contributed by atoms with E-state index in [1.54, 1.807) is 6.07 Å². The maximum absolute atomic E-state index is 13.0. The van der Waals surface area contributed by atoms with Gasteiger partial charge in [-0.1, -0.05) is 39.8 Å². The summed E-state index contributed by atoms with van der Waals surface area (Å²) in [5.74, 6) is 0.0495. The van der Waals surface area contributed by atoms with Crippen molar-refractivity contribution in [1.82, 2.24) is 0 Å². The molecule has 0 radical (unpaired) electrons. The summed E-state index contributed by atoms with van der Waals surface area (Å²) in [6.07, 6.45) is 0.343. The number of carbonyl (C=O) groups is 1. The van der Waals surface area contributed by atoms with E-state index in [9.17, 15) is 9.18 Å². The Morgan fingerprint density at radius 1 is 1.24 bits per heavy atom. The van der Waals surface area contributed by atoms with E-state index in [0.717, 1.165) is 5.56 Å². The normalized spacial score (nSPS) is 21.2. The standard InChI is InChI=1S/C15H19FO/c1-14(2)13(15(14,3)4)12(17)9-10-6-5-7-11(16)8-10/h5-8,13H,9H2,1-4H3. The zero-order chi connectivity index (χ0) is 12.8. The molecule has 1 aliphatic carbocycles. The number of hydrogen-bond donors (Lipinski definition) is 0. The van der Waals surface area contributed by atoms with Crippen molar-refractivity contribution in [1.29, 1.82) is 0 Å². The molecule has 2 rings (SSSR count). The molecular formula is C15H19FO. The molecule has 1 nitrogen and oxygen atoms in total. The fourth-order valence-electron chi connectivity index (χ4n) is 2.95. The Labute approximate surface area is 102 Å². The monoisotopic (exact) mass is 234 g/mol. The first-order valence-corrected chi connectivity index (χ1v) is 6.04. The Kier molecular flexibility index (Phi) is 2.64. The van der Waals surface area contributed by atoms with Crippen molar-refractivity contribution in [3.8, 4) is 0 Å². The molecule has 0 amide bonds. The molecule has 17 heavy (non-hydrogen) atoms. The topological polar surface area (TPSA) is 17.1 Å². The van der Waals surface area contributed by atoms with Crippen LogP contribution in [0.15, 0.2) is 24.3 Å². The predicted molar refractivity (Wildman–Crippen MR) is 66.2 cm³/mol. The van der Waals surface area contributed by atoms with E-state index in [2.05, 4.69) is 27.7 Å². The summed E-state index contributed by atoms with van der Waals surface area (Å²) < 4.78 is 13.0. The number of carbonyl (C=O) groups excluding carboxylic acids is 1. The van der Waals surface area contributed by atoms with E-state index in [0.29, 0.717) is 6.42 Å². The lowest BCUT2D eigenvalue weighted by molar-refractivity contribution is -0.120. The van der Waals surface area contributed by atoms with Crippen LogP contribution >= 0.6 is 0 Å². The maximum atomic E-state index is 13.0. The van der Waals surface area contributed by atoms with Crippen molar-refractivity contribution in [2.24, 2.45) is 16.7 Å². The average molecular weight is 234 g/mol. The highest BCUT2D eigenvalue weighted by Crippen LogP contribution is 2.68. The molecule has 0 atom stereocenters. The zero-order valence-electron chi connectivity index (χ0n) is 10.9. The highest BCUT2D eigenvalue weighted by Gasteiger charge is 2.67. The molecule has 0 N–H and O–H groups in total. The number of halogens is 1. The first kappa shape index (κ1) is 12.3. The smallest absolute Gasteiger partial charge is 0.141 e. The van der Waals surface area contributed by atoms with Gasteiger partial charge in [-0.15, -0.1) is 0 Å². The molecule has 1 aromatic rings. The molecule has 92 valence electrons. The molecule has 0 aromatic heterocycles. The SMILES string of the molecule is CC1(C)C(C(=O)Cc2cccc(F)c2)C1(C)C. The summed E-state index contributed by atoms with van der Waals surface area (Å²) >= 11 is 0. The molecule has 0 aliphatic heterocycles. The van der Waals surface area contributed by atoms with E-state index in [1.165, 1.54) is 12.1 Å². The summed E-state index contributed by atoms with van der Waals surface area (Å²) in [6, 6.07) is 6.31. The first-order valence-electron chi connectivity index (χ1n) is 6.04. The fraction of sp³-hybridized carbons (Fsp3) is 0.533. The van der Waals surface area contributed by atoms with Gasteiger partial charge in [-0.2, -0.15) is 0 Å². The van der Waals surface area contributed by atoms with Crippen molar-refractivity contribution < 1.29 is 9.18 Å². The van der Waals surface area contributed by atoms with Crippen LogP contribution in [0, 0.1) is 22.6 Å². The largest absolute Gasteiger partial charge is 0.299 e. The number of ketones is 1. The van der Waals surface area contributed by atoms with E-state index in [-0.39, 0.29) is 28.3 Å². The third-order valence-electron chi connectivity index (χ3n) is 4.61. The Morgan fingerprint density at radius 2 is 1.82 bits per heavy atom. The second kappa shape index (κ2) is 3.66. The minimum absolute atomic E-state index is 0.0669. The number of hydrogen-bond acceptors (Lipinski definition) is 1. The van der Waals surface area contributed by atoms with Crippen molar-refractivity contribution in [3.63, 3.8) is 0 Å². The van der Waals surface area contributed by atoms with Crippen molar-refractivity contribution in [3.05, 3.63) is 35.6 Å². The van der Waals surface area contributed by atoms with Crippen LogP contribution < -0.4 is 0 Å².